The van der Waals surface area contributed by atoms with Crippen LogP contribution in [0.1, 0.15) is 36.5 Å². The van der Waals surface area contributed by atoms with Crippen molar-refractivity contribution in [3.05, 3.63) is 28.0 Å². The van der Waals surface area contributed by atoms with E-state index in [1.807, 2.05) is 0 Å². The largest absolute Gasteiger partial charge is 0.396 e. The SMILES string of the molecule is CC1(CNC(=O)c2cc(N)c(F)cc2Br)CCC1. The molecule has 0 saturated heterocycles. The summed E-state index contributed by atoms with van der Waals surface area (Å²) >= 11 is 3.18. The van der Waals surface area contributed by atoms with E-state index < -0.39 is 5.82 Å². The van der Waals surface area contributed by atoms with Gasteiger partial charge in [-0.25, -0.2) is 4.39 Å². The number of carbonyl (C=O) groups is 1. The van der Waals surface area contributed by atoms with Crippen molar-refractivity contribution in [2.24, 2.45) is 5.41 Å². The molecule has 0 unspecified atom stereocenters. The highest BCUT2D eigenvalue weighted by Crippen LogP contribution is 2.39. The maximum absolute atomic E-state index is 13.2. The molecular formula is C13H16BrFN2O. The summed E-state index contributed by atoms with van der Waals surface area (Å²) in [6.07, 6.45) is 3.50. The second-order valence-electron chi connectivity index (χ2n) is 5.20. The third-order valence-corrected chi connectivity index (χ3v) is 4.22. The molecule has 1 aliphatic carbocycles. The van der Waals surface area contributed by atoms with Crippen LogP contribution in [-0.2, 0) is 0 Å². The van der Waals surface area contributed by atoms with Gasteiger partial charge < -0.3 is 11.1 Å². The van der Waals surface area contributed by atoms with E-state index >= 15 is 0 Å². The number of nitrogens with two attached hydrogens (primary N) is 1. The van der Waals surface area contributed by atoms with Crippen molar-refractivity contribution in [3.63, 3.8) is 0 Å². The van der Waals surface area contributed by atoms with Gasteiger partial charge in [0.05, 0.1) is 11.3 Å². The molecule has 18 heavy (non-hydrogen) atoms. The molecule has 3 N–H and O–H groups in total. The molecule has 0 aliphatic heterocycles. The average molecular weight is 315 g/mol. The van der Waals surface area contributed by atoms with Crippen LogP contribution in [0.3, 0.4) is 0 Å². The molecule has 1 aromatic rings. The van der Waals surface area contributed by atoms with Gasteiger partial charge >= 0.3 is 0 Å². The van der Waals surface area contributed by atoms with Gasteiger partial charge in [-0.3, -0.25) is 4.79 Å². The third kappa shape index (κ3) is 2.66. The normalized spacial score (nSPS) is 17.1. The molecule has 1 aromatic carbocycles. The molecule has 5 heteroatoms. The van der Waals surface area contributed by atoms with Crippen LogP contribution >= 0.6 is 15.9 Å². The van der Waals surface area contributed by atoms with Crippen molar-refractivity contribution in [2.45, 2.75) is 26.2 Å². The Morgan fingerprint density at radius 2 is 2.22 bits per heavy atom. The summed E-state index contributed by atoms with van der Waals surface area (Å²) in [7, 11) is 0. The average Bonchev–Trinajstić information content (AvgIpc) is 2.28. The molecule has 98 valence electrons. The van der Waals surface area contributed by atoms with Crippen molar-refractivity contribution in [1.29, 1.82) is 0 Å². The first-order valence-corrected chi connectivity index (χ1v) is 6.73. The number of carbonyl (C=O) groups excluding carboxylic acids is 1. The van der Waals surface area contributed by atoms with E-state index in [-0.39, 0.29) is 17.0 Å². The van der Waals surface area contributed by atoms with Gasteiger partial charge in [-0.2, -0.15) is 0 Å². The summed E-state index contributed by atoms with van der Waals surface area (Å²) in [6, 6.07) is 2.58. The molecule has 0 aromatic heterocycles. The maximum Gasteiger partial charge on any atom is 0.252 e. The highest BCUT2D eigenvalue weighted by atomic mass is 79.9. The molecule has 1 amide bonds. The number of benzene rings is 1. The molecule has 0 spiro atoms. The lowest BCUT2D eigenvalue weighted by Crippen LogP contribution is -2.40. The zero-order valence-corrected chi connectivity index (χ0v) is 11.8. The first kappa shape index (κ1) is 13.3. The number of anilines is 1. The maximum atomic E-state index is 13.2. The van der Waals surface area contributed by atoms with Gasteiger partial charge in [-0.1, -0.05) is 13.3 Å². The predicted molar refractivity (Wildman–Crippen MR) is 72.8 cm³/mol. The second-order valence-corrected chi connectivity index (χ2v) is 6.05. The van der Waals surface area contributed by atoms with E-state index in [1.54, 1.807) is 0 Å². The fourth-order valence-corrected chi connectivity index (χ4v) is 2.58. The van der Waals surface area contributed by atoms with Crippen molar-refractivity contribution >= 4 is 27.5 Å². The molecule has 3 nitrogen and oxygen atoms in total. The molecule has 1 saturated carbocycles. The molecule has 0 bridgehead atoms. The van der Waals surface area contributed by atoms with Gasteiger partial charge in [0.2, 0.25) is 0 Å². The van der Waals surface area contributed by atoms with E-state index in [2.05, 4.69) is 28.2 Å². The number of rotatable bonds is 3. The van der Waals surface area contributed by atoms with Crippen molar-refractivity contribution in [3.8, 4) is 0 Å². The van der Waals surface area contributed by atoms with Crippen LogP contribution in [0.25, 0.3) is 0 Å². The lowest BCUT2D eigenvalue weighted by molar-refractivity contribution is 0.0890. The van der Waals surface area contributed by atoms with E-state index in [0.29, 0.717) is 16.6 Å². The Hall–Kier alpha value is -1.10. The fourth-order valence-electron chi connectivity index (χ4n) is 2.09. The number of nitrogen functional groups attached to an aromatic ring is 1. The van der Waals surface area contributed by atoms with Crippen molar-refractivity contribution in [1.82, 2.24) is 5.32 Å². The standard InChI is InChI=1S/C13H16BrFN2O/c1-13(3-2-4-13)7-17-12(18)8-5-11(16)10(15)6-9(8)14/h5-6H,2-4,7,16H2,1H3,(H,17,18). The number of amides is 1. The lowest BCUT2D eigenvalue weighted by Gasteiger charge is -2.38. The van der Waals surface area contributed by atoms with Crippen LogP contribution < -0.4 is 11.1 Å². The molecule has 2 rings (SSSR count). The predicted octanol–water partition coefficient (Wildman–Crippen LogP) is 3.09. The van der Waals surface area contributed by atoms with Crippen LogP contribution in [0.4, 0.5) is 10.1 Å². The Kier molecular flexibility index (Phi) is 3.61. The molecule has 0 heterocycles. The molecule has 0 radical (unpaired) electrons. The Balaban J connectivity index is 2.06. The lowest BCUT2D eigenvalue weighted by atomic mass is 9.70. The summed E-state index contributed by atoms with van der Waals surface area (Å²) in [4.78, 5) is 12.0. The summed E-state index contributed by atoms with van der Waals surface area (Å²) in [5, 5.41) is 2.88. The minimum Gasteiger partial charge on any atom is -0.396 e. The molecule has 0 atom stereocenters. The van der Waals surface area contributed by atoms with Crippen LogP contribution in [0.5, 0.6) is 0 Å². The monoisotopic (exact) mass is 314 g/mol. The summed E-state index contributed by atoms with van der Waals surface area (Å²) in [6.45, 7) is 2.81. The first-order chi connectivity index (χ1) is 8.41. The van der Waals surface area contributed by atoms with E-state index in [1.165, 1.54) is 18.6 Å². The second kappa shape index (κ2) is 4.88. The molecule has 1 aliphatic rings. The Morgan fingerprint density at radius 3 is 2.78 bits per heavy atom. The molecule has 1 fully saturated rings. The number of nitrogens with one attached hydrogen (secondary N) is 1. The van der Waals surface area contributed by atoms with Crippen molar-refractivity contribution in [2.75, 3.05) is 12.3 Å². The van der Waals surface area contributed by atoms with Crippen LogP contribution in [0.15, 0.2) is 16.6 Å². The van der Waals surface area contributed by atoms with Gasteiger partial charge in [-0.15, -0.1) is 0 Å². The Bertz CT molecular complexity index is 486. The summed E-state index contributed by atoms with van der Waals surface area (Å²) in [5.74, 6) is -0.744. The highest BCUT2D eigenvalue weighted by Gasteiger charge is 2.32. The van der Waals surface area contributed by atoms with Gasteiger partial charge in [-0.05, 0) is 46.3 Å². The van der Waals surface area contributed by atoms with Crippen LogP contribution in [0, 0.1) is 11.2 Å². The summed E-state index contributed by atoms with van der Waals surface area (Å²) < 4.78 is 13.6. The third-order valence-electron chi connectivity index (χ3n) is 3.57. The quantitative estimate of drug-likeness (QED) is 0.842. The zero-order chi connectivity index (χ0) is 13.3. The van der Waals surface area contributed by atoms with Gasteiger partial charge in [0.1, 0.15) is 5.82 Å². The molecular weight excluding hydrogens is 299 g/mol. The zero-order valence-electron chi connectivity index (χ0n) is 10.2. The van der Waals surface area contributed by atoms with E-state index in [9.17, 15) is 9.18 Å². The van der Waals surface area contributed by atoms with Crippen molar-refractivity contribution < 1.29 is 9.18 Å². The number of halogens is 2. The topological polar surface area (TPSA) is 55.1 Å². The van der Waals surface area contributed by atoms with Crippen LogP contribution in [0.2, 0.25) is 0 Å². The minimum atomic E-state index is -0.524. The van der Waals surface area contributed by atoms with Crippen LogP contribution in [-0.4, -0.2) is 12.5 Å². The Morgan fingerprint density at radius 1 is 1.56 bits per heavy atom. The number of hydrogen-bond donors (Lipinski definition) is 2. The smallest absolute Gasteiger partial charge is 0.252 e. The van der Waals surface area contributed by atoms with E-state index in [0.717, 1.165) is 12.8 Å². The van der Waals surface area contributed by atoms with E-state index in [4.69, 9.17) is 5.73 Å². The van der Waals surface area contributed by atoms with Gasteiger partial charge in [0.15, 0.2) is 0 Å². The summed E-state index contributed by atoms with van der Waals surface area (Å²) in [5.41, 5.74) is 6.04. The highest BCUT2D eigenvalue weighted by molar-refractivity contribution is 9.10. The number of hydrogen-bond acceptors (Lipinski definition) is 2. The fraction of sp³-hybridized carbons (Fsp3) is 0.462. The van der Waals surface area contributed by atoms with Gasteiger partial charge in [0.25, 0.3) is 5.91 Å². The first-order valence-electron chi connectivity index (χ1n) is 5.94. The van der Waals surface area contributed by atoms with Gasteiger partial charge in [0, 0.05) is 11.0 Å². The minimum absolute atomic E-state index is 0.0156. The Labute approximate surface area is 114 Å².